The van der Waals surface area contributed by atoms with Crippen LogP contribution in [0.2, 0.25) is 0 Å². The lowest BCUT2D eigenvalue weighted by atomic mass is 9.99. The van der Waals surface area contributed by atoms with Crippen molar-refractivity contribution in [2.24, 2.45) is 0 Å². The quantitative estimate of drug-likeness (QED) is 0.0261. The molecule has 0 aromatic heterocycles. The van der Waals surface area contributed by atoms with Gasteiger partial charge in [0.05, 0.1) is 25.4 Å². The lowest BCUT2D eigenvalue weighted by molar-refractivity contribution is -0.302. The number of carbonyl (C=O) groups is 1. The van der Waals surface area contributed by atoms with Crippen LogP contribution in [0.3, 0.4) is 0 Å². The van der Waals surface area contributed by atoms with Crippen molar-refractivity contribution < 1.29 is 39.8 Å². The van der Waals surface area contributed by atoms with Gasteiger partial charge in [0, 0.05) is 6.42 Å². The van der Waals surface area contributed by atoms with E-state index >= 15 is 0 Å². The highest BCUT2D eigenvalue weighted by Gasteiger charge is 2.44. The number of aliphatic hydroxyl groups is 5. The number of aliphatic hydroxyl groups excluding tert-OH is 5. The molecule has 7 atom stereocenters. The van der Waals surface area contributed by atoms with Crippen molar-refractivity contribution in [1.82, 2.24) is 5.32 Å². The Morgan fingerprint density at radius 1 is 0.405 bits per heavy atom. The predicted molar refractivity (Wildman–Crippen MR) is 359 cm³/mol. The molecule has 1 aliphatic rings. The van der Waals surface area contributed by atoms with Crippen molar-refractivity contribution in [2.75, 3.05) is 13.2 Å². The fourth-order valence-electron chi connectivity index (χ4n) is 11.9. The molecule has 0 aliphatic carbocycles. The van der Waals surface area contributed by atoms with E-state index in [-0.39, 0.29) is 12.5 Å². The second-order valence-electron chi connectivity index (χ2n) is 25.7. The molecule has 84 heavy (non-hydrogen) atoms. The minimum atomic E-state index is -1.57. The van der Waals surface area contributed by atoms with Crippen LogP contribution in [0.15, 0.2) is 48.6 Å². The highest BCUT2D eigenvalue weighted by atomic mass is 16.7. The molecule has 494 valence electrons. The van der Waals surface area contributed by atoms with Gasteiger partial charge < -0.3 is 40.3 Å². The van der Waals surface area contributed by atoms with Crippen LogP contribution < -0.4 is 5.32 Å². The van der Waals surface area contributed by atoms with Crippen LogP contribution in [-0.2, 0) is 14.3 Å². The van der Waals surface area contributed by atoms with Crippen molar-refractivity contribution in [2.45, 2.75) is 410 Å². The van der Waals surface area contributed by atoms with Crippen molar-refractivity contribution in [1.29, 1.82) is 0 Å². The molecular weight excluding hydrogens is 1040 g/mol. The van der Waals surface area contributed by atoms with Gasteiger partial charge in [0.25, 0.3) is 0 Å². The van der Waals surface area contributed by atoms with Crippen LogP contribution in [0.1, 0.15) is 367 Å². The fraction of sp³-hybridized carbons (Fsp3) is 0.880. The summed E-state index contributed by atoms with van der Waals surface area (Å²) in [5.74, 6) is -0.170. The molecule has 0 bridgehead atoms. The topological polar surface area (TPSA) is 149 Å². The Bertz CT molecular complexity index is 1470. The number of carbonyl (C=O) groups excluding carboxylic acids is 1. The lowest BCUT2D eigenvalue weighted by Gasteiger charge is -2.40. The maximum absolute atomic E-state index is 13.1. The Kier molecular flexibility index (Phi) is 61.2. The average molecular weight is 1180 g/mol. The van der Waals surface area contributed by atoms with Gasteiger partial charge in [-0.1, -0.05) is 351 Å². The standard InChI is InChI=1S/C75H141NO8/c1-3-5-7-9-11-13-15-17-19-21-23-25-27-29-31-33-34-35-36-37-39-41-43-45-47-49-51-53-55-57-59-61-63-65-71(79)76-68(67-83-75-74(82)73(81)72(80)70(66-77)84-75)69(78)64-62-60-58-56-54-52-50-48-46-44-42-40-38-32-30-28-26-24-22-20-18-16-14-12-10-8-6-4-2/h15,17,21,23,27,29,62,64,68-70,72-75,77-78,80-82H,3-14,16,18-20,22,24-26,28,30-61,63,65-67H2,1-2H3,(H,76,79)/b17-15-,23-21-,29-27-,64-62+. The summed E-state index contributed by atoms with van der Waals surface area (Å²) in [6.45, 7) is 3.82. The molecule has 0 radical (unpaired) electrons. The van der Waals surface area contributed by atoms with E-state index in [0.29, 0.717) is 6.42 Å². The SMILES string of the molecule is CCCCCCC/C=C\C/C=C\C/C=C\CCCCCCCCCCCCCCCCCCCCC(=O)NC(COC1OC(CO)C(O)C(O)C1O)C(O)/C=C/CCCCCCCCCCCCCCCCCCCCCCCCCCCC. The maximum atomic E-state index is 13.1. The molecule has 1 aliphatic heterocycles. The molecular formula is C75H141NO8. The van der Waals surface area contributed by atoms with Gasteiger partial charge in [-0.15, -0.1) is 0 Å². The first-order valence-corrected chi connectivity index (χ1v) is 36.9. The first kappa shape index (κ1) is 80.2. The predicted octanol–water partition coefficient (Wildman–Crippen LogP) is 20.4. The van der Waals surface area contributed by atoms with Gasteiger partial charge in [-0.25, -0.2) is 0 Å². The maximum Gasteiger partial charge on any atom is 0.220 e. The van der Waals surface area contributed by atoms with E-state index < -0.39 is 49.5 Å². The largest absolute Gasteiger partial charge is 0.394 e. The normalized spacial score (nSPS) is 18.4. The smallest absolute Gasteiger partial charge is 0.220 e. The third-order valence-corrected chi connectivity index (χ3v) is 17.6. The number of ether oxygens (including phenoxy) is 2. The molecule has 7 unspecified atom stereocenters. The van der Waals surface area contributed by atoms with Crippen LogP contribution in [-0.4, -0.2) is 87.5 Å². The van der Waals surface area contributed by atoms with Gasteiger partial charge in [-0.3, -0.25) is 4.79 Å². The van der Waals surface area contributed by atoms with Crippen LogP contribution in [0.5, 0.6) is 0 Å². The minimum absolute atomic E-state index is 0.170. The summed E-state index contributed by atoms with van der Waals surface area (Å²) in [6.07, 6.45) is 80.8. The summed E-state index contributed by atoms with van der Waals surface area (Å²) in [4.78, 5) is 13.1. The highest BCUT2D eigenvalue weighted by Crippen LogP contribution is 2.24. The van der Waals surface area contributed by atoms with E-state index in [9.17, 15) is 30.3 Å². The first-order chi connectivity index (χ1) is 41.3. The number of nitrogens with one attached hydrogen (secondary N) is 1. The number of rotatable bonds is 65. The van der Waals surface area contributed by atoms with Crippen LogP contribution in [0.4, 0.5) is 0 Å². The summed E-state index contributed by atoms with van der Waals surface area (Å²) in [5, 5.41) is 54.8. The van der Waals surface area contributed by atoms with Crippen molar-refractivity contribution in [3.8, 4) is 0 Å². The molecule has 1 amide bonds. The Morgan fingerprint density at radius 3 is 1.04 bits per heavy atom. The van der Waals surface area contributed by atoms with Crippen molar-refractivity contribution in [3.63, 3.8) is 0 Å². The van der Waals surface area contributed by atoms with E-state index in [1.165, 1.54) is 295 Å². The zero-order chi connectivity index (χ0) is 60.7. The van der Waals surface area contributed by atoms with Gasteiger partial charge in [0.1, 0.15) is 24.4 Å². The number of hydrogen-bond donors (Lipinski definition) is 6. The number of allylic oxidation sites excluding steroid dienone is 7. The molecule has 0 saturated carbocycles. The fourth-order valence-corrected chi connectivity index (χ4v) is 11.9. The van der Waals surface area contributed by atoms with E-state index in [2.05, 4.69) is 55.6 Å². The lowest BCUT2D eigenvalue weighted by Crippen LogP contribution is -2.60. The van der Waals surface area contributed by atoms with Gasteiger partial charge in [-0.05, 0) is 57.8 Å². The molecule has 9 heteroatoms. The van der Waals surface area contributed by atoms with Gasteiger partial charge >= 0.3 is 0 Å². The molecule has 0 spiro atoms. The molecule has 9 nitrogen and oxygen atoms in total. The summed E-state index contributed by atoms with van der Waals surface area (Å²) < 4.78 is 11.3. The second kappa shape index (κ2) is 64.1. The van der Waals surface area contributed by atoms with Crippen molar-refractivity contribution >= 4 is 5.91 Å². The van der Waals surface area contributed by atoms with E-state index in [1.54, 1.807) is 6.08 Å². The molecule has 1 rings (SSSR count). The van der Waals surface area contributed by atoms with E-state index in [0.717, 1.165) is 51.4 Å². The molecule has 0 aromatic carbocycles. The monoisotopic (exact) mass is 1180 g/mol. The molecule has 1 fully saturated rings. The zero-order valence-electron chi connectivity index (χ0n) is 55.4. The van der Waals surface area contributed by atoms with E-state index in [1.807, 2.05) is 6.08 Å². The van der Waals surface area contributed by atoms with Gasteiger partial charge in [-0.2, -0.15) is 0 Å². The first-order valence-electron chi connectivity index (χ1n) is 36.9. The second-order valence-corrected chi connectivity index (χ2v) is 25.7. The van der Waals surface area contributed by atoms with Crippen LogP contribution in [0.25, 0.3) is 0 Å². The highest BCUT2D eigenvalue weighted by molar-refractivity contribution is 5.76. The van der Waals surface area contributed by atoms with E-state index in [4.69, 9.17) is 9.47 Å². The zero-order valence-corrected chi connectivity index (χ0v) is 55.4. The summed E-state index contributed by atoms with van der Waals surface area (Å²) in [5.41, 5.74) is 0. The summed E-state index contributed by atoms with van der Waals surface area (Å²) >= 11 is 0. The van der Waals surface area contributed by atoms with Crippen LogP contribution in [0, 0.1) is 0 Å². The molecule has 6 N–H and O–H groups in total. The Hall–Kier alpha value is -1.85. The third kappa shape index (κ3) is 52.1. The van der Waals surface area contributed by atoms with Gasteiger partial charge in [0.15, 0.2) is 6.29 Å². The number of amides is 1. The molecule has 0 aromatic rings. The summed E-state index contributed by atoms with van der Waals surface area (Å²) in [7, 11) is 0. The molecule has 1 saturated heterocycles. The van der Waals surface area contributed by atoms with Crippen LogP contribution >= 0.6 is 0 Å². The van der Waals surface area contributed by atoms with Gasteiger partial charge in [0.2, 0.25) is 5.91 Å². The Labute approximate surface area is 520 Å². The molecule has 1 heterocycles. The third-order valence-electron chi connectivity index (χ3n) is 17.6. The number of hydrogen-bond acceptors (Lipinski definition) is 8. The Morgan fingerprint density at radius 2 is 0.702 bits per heavy atom. The van der Waals surface area contributed by atoms with Crippen molar-refractivity contribution in [3.05, 3.63) is 48.6 Å². The minimum Gasteiger partial charge on any atom is -0.394 e. The Balaban J connectivity index is 2.11. The summed E-state index contributed by atoms with van der Waals surface area (Å²) in [6, 6.07) is -0.807. The number of unbranched alkanes of at least 4 members (excludes halogenated alkanes) is 49. The average Bonchev–Trinajstić information content (AvgIpc) is 3.70.